The van der Waals surface area contributed by atoms with Crippen LogP contribution in [0.15, 0.2) is 24.3 Å². The molecule has 16 heavy (non-hydrogen) atoms. The molecule has 88 valence electrons. The van der Waals surface area contributed by atoms with Crippen LogP contribution in [-0.4, -0.2) is 6.04 Å². The summed E-state index contributed by atoms with van der Waals surface area (Å²) in [6.45, 7) is 4.71. The first-order chi connectivity index (χ1) is 7.57. The van der Waals surface area contributed by atoms with Crippen LogP contribution in [0.4, 0.5) is 11.4 Å². The Morgan fingerprint density at radius 2 is 2.06 bits per heavy atom. The Hall–Kier alpha value is -1.18. The van der Waals surface area contributed by atoms with E-state index >= 15 is 0 Å². The highest BCUT2D eigenvalue weighted by atomic mass is 14.9. The lowest BCUT2D eigenvalue weighted by Gasteiger charge is -2.36. The molecule has 0 bridgehead atoms. The largest absolute Gasteiger partial charge is 0.397 e. The highest BCUT2D eigenvalue weighted by Gasteiger charge is 2.27. The molecule has 0 spiro atoms. The summed E-state index contributed by atoms with van der Waals surface area (Å²) in [4.78, 5) is 0. The molecule has 1 aliphatic rings. The summed E-state index contributed by atoms with van der Waals surface area (Å²) in [5.41, 5.74) is 8.36. The monoisotopic (exact) mass is 218 g/mol. The first-order valence-electron chi connectivity index (χ1n) is 6.18. The first-order valence-corrected chi connectivity index (χ1v) is 6.18. The summed E-state index contributed by atoms with van der Waals surface area (Å²) in [7, 11) is 0. The number of nitrogens with one attached hydrogen (secondary N) is 1. The number of nitrogen functional groups attached to an aromatic ring is 1. The molecule has 1 atom stereocenters. The zero-order valence-corrected chi connectivity index (χ0v) is 10.3. The lowest BCUT2D eigenvalue weighted by atomic mass is 9.75. The molecular formula is C14H22N2. The van der Waals surface area contributed by atoms with Gasteiger partial charge in [-0.05, 0) is 36.8 Å². The summed E-state index contributed by atoms with van der Waals surface area (Å²) >= 11 is 0. The van der Waals surface area contributed by atoms with Crippen LogP contribution in [0.1, 0.15) is 39.5 Å². The smallest absolute Gasteiger partial charge is 0.0576 e. The Labute approximate surface area is 98.2 Å². The van der Waals surface area contributed by atoms with Crippen LogP contribution in [0.3, 0.4) is 0 Å². The van der Waals surface area contributed by atoms with Gasteiger partial charge in [0, 0.05) is 6.04 Å². The van der Waals surface area contributed by atoms with E-state index in [1.165, 1.54) is 25.7 Å². The van der Waals surface area contributed by atoms with Gasteiger partial charge in [-0.25, -0.2) is 0 Å². The van der Waals surface area contributed by atoms with Crippen molar-refractivity contribution in [2.75, 3.05) is 11.1 Å². The Balaban J connectivity index is 2.02. The second-order valence-electron chi connectivity index (χ2n) is 5.69. The average molecular weight is 218 g/mol. The molecule has 0 heterocycles. The van der Waals surface area contributed by atoms with Crippen LogP contribution < -0.4 is 11.1 Å². The summed E-state index contributed by atoms with van der Waals surface area (Å²) in [5, 5.41) is 3.58. The van der Waals surface area contributed by atoms with Crippen molar-refractivity contribution in [3.8, 4) is 0 Å². The second-order valence-corrected chi connectivity index (χ2v) is 5.69. The van der Waals surface area contributed by atoms with Gasteiger partial charge in [0.05, 0.1) is 11.4 Å². The molecule has 1 aromatic carbocycles. The number of anilines is 2. The molecule has 0 aromatic heterocycles. The zero-order valence-electron chi connectivity index (χ0n) is 10.3. The highest BCUT2D eigenvalue weighted by Crippen LogP contribution is 2.36. The van der Waals surface area contributed by atoms with Crippen LogP contribution in [0.25, 0.3) is 0 Å². The van der Waals surface area contributed by atoms with Crippen LogP contribution >= 0.6 is 0 Å². The van der Waals surface area contributed by atoms with Gasteiger partial charge in [-0.15, -0.1) is 0 Å². The minimum absolute atomic E-state index is 0.472. The third kappa shape index (κ3) is 2.69. The summed E-state index contributed by atoms with van der Waals surface area (Å²) < 4.78 is 0. The maximum Gasteiger partial charge on any atom is 0.0576 e. The van der Waals surface area contributed by atoms with Crippen molar-refractivity contribution >= 4 is 11.4 Å². The van der Waals surface area contributed by atoms with E-state index in [0.29, 0.717) is 11.5 Å². The Morgan fingerprint density at radius 1 is 1.31 bits per heavy atom. The minimum Gasteiger partial charge on any atom is -0.397 e. The molecule has 0 saturated heterocycles. The van der Waals surface area contributed by atoms with E-state index in [1.54, 1.807) is 0 Å². The van der Waals surface area contributed by atoms with E-state index in [1.807, 2.05) is 18.2 Å². The first kappa shape index (κ1) is 11.3. The van der Waals surface area contributed by atoms with Gasteiger partial charge < -0.3 is 11.1 Å². The van der Waals surface area contributed by atoms with E-state index in [-0.39, 0.29) is 0 Å². The lowest BCUT2D eigenvalue weighted by Crippen LogP contribution is -2.31. The SMILES string of the molecule is CC1(C)CCC[C@@H](Nc2ccccc2N)C1. The van der Waals surface area contributed by atoms with E-state index in [4.69, 9.17) is 5.73 Å². The van der Waals surface area contributed by atoms with Gasteiger partial charge in [0.1, 0.15) is 0 Å². The van der Waals surface area contributed by atoms with E-state index in [0.717, 1.165) is 11.4 Å². The van der Waals surface area contributed by atoms with Gasteiger partial charge in [0.15, 0.2) is 0 Å². The molecule has 1 aliphatic carbocycles. The summed E-state index contributed by atoms with van der Waals surface area (Å²) in [6, 6.07) is 8.61. The lowest BCUT2D eigenvalue weighted by molar-refractivity contribution is 0.229. The summed E-state index contributed by atoms with van der Waals surface area (Å²) in [5.74, 6) is 0. The van der Waals surface area contributed by atoms with Crippen molar-refractivity contribution in [3.63, 3.8) is 0 Å². The molecule has 0 radical (unpaired) electrons. The van der Waals surface area contributed by atoms with Crippen LogP contribution in [0, 0.1) is 5.41 Å². The van der Waals surface area contributed by atoms with Gasteiger partial charge >= 0.3 is 0 Å². The van der Waals surface area contributed by atoms with Crippen molar-refractivity contribution in [3.05, 3.63) is 24.3 Å². The third-order valence-corrected chi connectivity index (χ3v) is 3.53. The standard InChI is InChI=1S/C14H22N2/c1-14(2)9-5-6-11(10-14)16-13-8-4-3-7-12(13)15/h3-4,7-8,11,16H,5-6,9-10,15H2,1-2H3/t11-/m1/s1. The Kier molecular flexibility index (Phi) is 3.08. The molecule has 2 rings (SSSR count). The number of hydrogen-bond acceptors (Lipinski definition) is 2. The molecule has 0 amide bonds. The molecule has 1 fully saturated rings. The van der Waals surface area contributed by atoms with Crippen molar-refractivity contribution in [1.82, 2.24) is 0 Å². The van der Waals surface area contributed by atoms with Crippen molar-refractivity contribution < 1.29 is 0 Å². The molecular weight excluding hydrogens is 196 g/mol. The Bertz CT molecular complexity index is 358. The number of benzene rings is 1. The second kappa shape index (κ2) is 4.36. The van der Waals surface area contributed by atoms with E-state index < -0.39 is 0 Å². The van der Waals surface area contributed by atoms with Gasteiger partial charge in [0.25, 0.3) is 0 Å². The fourth-order valence-electron chi connectivity index (χ4n) is 2.67. The van der Waals surface area contributed by atoms with Gasteiger partial charge in [0.2, 0.25) is 0 Å². The van der Waals surface area contributed by atoms with Crippen molar-refractivity contribution in [2.24, 2.45) is 5.41 Å². The van der Waals surface area contributed by atoms with Gasteiger partial charge in [-0.3, -0.25) is 0 Å². The van der Waals surface area contributed by atoms with Gasteiger partial charge in [-0.1, -0.05) is 32.4 Å². The molecule has 1 aromatic rings. The molecule has 2 heteroatoms. The van der Waals surface area contributed by atoms with Crippen molar-refractivity contribution in [2.45, 2.75) is 45.6 Å². The minimum atomic E-state index is 0.472. The zero-order chi connectivity index (χ0) is 11.6. The van der Waals surface area contributed by atoms with Crippen LogP contribution in [0.5, 0.6) is 0 Å². The fourth-order valence-corrected chi connectivity index (χ4v) is 2.67. The normalized spacial score (nSPS) is 24.0. The summed E-state index contributed by atoms with van der Waals surface area (Å²) in [6.07, 6.45) is 5.16. The number of hydrogen-bond donors (Lipinski definition) is 2. The topological polar surface area (TPSA) is 38.0 Å². The molecule has 2 nitrogen and oxygen atoms in total. The van der Waals surface area contributed by atoms with E-state index in [2.05, 4.69) is 25.2 Å². The van der Waals surface area contributed by atoms with E-state index in [9.17, 15) is 0 Å². The molecule has 0 unspecified atom stereocenters. The number of rotatable bonds is 2. The number of para-hydroxylation sites is 2. The Morgan fingerprint density at radius 3 is 2.75 bits per heavy atom. The molecule has 0 aliphatic heterocycles. The maximum atomic E-state index is 5.94. The fraction of sp³-hybridized carbons (Fsp3) is 0.571. The van der Waals surface area contributed by atoms with Crippen molar-refractivity contribution in [1.29, 1.82) is 0 Å². The number of nitrogens with two attached hydrogens (primary N) is 1. The third-order valence-electron chi connectivity index (χ3n) is 3.53. The quantitative estimate of drug-likeness (QED) is 0.744. The maximum absolute atomic E-state index is 5.94. The van der Waals surface area contributed by atoms with Crippen LogP contribution in [-0.2, 0) is 0 Å². The average Bonchev–Trinajstić information content (AvgIpc) is 2.20. The molecule has 3 N–H and O–H groups in total. The predicted molar refractivity (Wildman–Crippen MR) is 70.5 cm³/mol. The highest BCUT2D eigenvalue weighted by molar-refractivity contribution is 5.65. The predicted octanol–water partition coefficient (Wildman–Crippen LogP) is 3.65. The van der Waals surface area contributed by atoms with Crippen LogP contribution in [0.2, 0.25) is 0 Å². The van der Waals surface area contributed by atoms with Gasteiger partial charge in [-0.2, -0.15) is 0 Å². The molecule has 1 saturated carbocycles.